The van der Waals surface area contributed by atoms with Crippen LogP contribution in [0.5, 0.6) is 5.75 Å². The van der Waals surface area contributed by atoms with Crippen molar-refractivity contribution in [3.8, 4) is 16.9 Å². The fourth-order valence-corrected chi connectivity index (χ4v) is 3.55. The van der Waals surface area contributed by atoms with Gasteiger partial charge in [-0.3, -0.25) is 9.69 Å². The Labute approximate surface area is 161 Å². The molecule has 144 valence electrons. The Morgan fingerprint density at radius 2 is 1.78 bits per heavy atom. The van der Waals surface area contributed by atoms with Gasteiger partial charge in [0.15, 0.2) is 0 Å². The van der Waals surface area contributed by atoms with Gasteiger partial charge in [-0.15, -0.1) is 0 Å². The summed E-state index contributed by atoms with van der Waals surface area (Å²) in [6.45, 7) is 6.06. The van der Waals surface area contributed by atoms with Crippen LogP contribution in [-0.4, -0.2) is 54.3 Å². The molecule has 1 aliphatic rings. The molecule has 0 aromatic heterocycles. The summed E-state index contributed by atoms with van der Waals surface area (Å²) in [7, 11) is 0. The fraction of sp³-hybridized carbons (Fsp3) is 0.409. The number of rotatable bonds is 7. The second-order valence-corrected chi connectivity index (χ2v) is 7.33. The van der Waals surface area contributed by atoms with Crippen LogP contribution in [0.1, 0.15) is 13.8 Å². The molecule has 1 saturated heterocycles. The van der Waals surface area contributed by atoms with E-state index in [1.54, 1.807) is 0 Å². The molecule has 2 atom stereocenters. The lowest BCUT2D eigenvalue weighted by atomic mass is 9.99. The molecule has 0 bridgehead atoms. The molecule has 27 heavy (non-hydrogen) atoms. The maximum Gasteiger partial charge on any atom is 0.237 e. The van der Waals surface area contributed by atoms with Gasteiger partial charge in [0, 0.05) is 19.6 Å². The van der Waals surface area contributed by atoms with Gasteiger partial charge in [0.2, 0.25) is 5.91 Å². The third-order valence-corrected chi connectivity index (χ3v) is 4.84. The highest BCUT2D eigenvalue weighted by Gasteiger charge is 2.33. The zero-order valence-corrected chi connectivity index (χ0v) is 16.0. The quantitative estimate of drug-likeness (QED) is 0.788. The average Bonchev–Trinajstić information content (AvgIpc) is 2.67. The molecule has 1 amide bonds. The van der Waals surface area contributed by atoms with Crippen LogP contribution in [0.3, 0.4) is 0 Å². The van der Waals surface area contributed by atoms with Gasteiger partial charge >= 0.3 is 0 Å². The second-order valence-electron chi connectivity index (χ2n) is 7.33. The number of amides is 1. The van der Waals surface area contributed by atoms with Crippen LogP contribution in [0.25, 0.3) is 11.1 Å². The number of aliphatic hydroxyl groups excluding tert-OH is 1. The van der Waals surface area contributed by atoms with Gasteiger partial charge < -0.3 is 15.2 Å². The van der Waals surface area contributed by atoms with Crippen LogP contribution in [0.15, 0.2) is 54.6 Å². The summed E-state index contributed by atoms with van der Waals surface area (Å²) in [6.07, 6.45) is -0.647. The molecular formula is C22H28N2O3. The molecule has 1 aliphatic heterocycles. The van der Waals surface area contributed by atoms with Crippen molar-refractivity contribution in [2.45, 2.75) is 26.0 Å². The summed E-state index contributed by atoms with van der Waals surface area (Å²) in [4.78, 5) is 14.1. The highest BCUT2D eigenvalue weighted by atomic mass is 16.5. The van der Waals surface area contributed by atoms with E-state index in [2.05, 4.69) is 22.3 Å². The lowest BCUT2D eigenvalue weighted by Gasteiger charge is -2.38. The third kappa shape index (κ3) is 5.08. The maximum absolute atomic E-state index is 12.1. The zero-order chi connectivity index (χ0) is 19.2. The number of carbonyl (C=O) groups excluding carboxylic acids is 1. The first-order valence-electron chi connectivity index (χ1n) is 9.52. The normalized spacial score (nSPS) is 19.0. The van der Waals surface area contributed by atoms with E-state index in [9.17, 15) is 9.90 Å². The molecular weight excluding hydrogens is 340 g/mol. The predicted molar refractivity (Wildman–Crippen MR) is 107 cm³/mol. The van der Waals surface area contributed by atoms with Gasteiger partial charge in [-0.05, 0) is 29.2 Å². The Hall–Kier alpha value is -2.37. The molecule has 0 spiro atoms. The Morgan fingerprint density at radius 1 is 1.11 bits per heavy atom. The Morgan fingerprint density at radius 3 is 2.44 bits per heavy atom. The first kappa shape index (κ1) is 19.4. The smallest absolute Gasteiger partial charge is 0.237 e. The van der Waals surface area contributed by atoms with E-state index in [4.69, 9.17) is 4.74 Å². The number of nitrogens with one attached hydrogen (secondary N) is 1. The standard InChI is InChI=1S/C22H28N2O3/c1-16(2)21-22(26)23-12-13-24(21)14-19(25)15-27-20-10-8-18(9-11-20)17-6-4-3-5-7-17/h3-11,16,19,21,25H,12-15H2,1-2H3,(H,23,26). The fourth-order valence-electron chi connectivity index (χ4n) is 3.55. The molecule has 5 heteroatoms. The summed E-state index contributed by atoms with van der Waals surface area (Å²) in [6, 6.07) is 17.8. The van der Waals surface area contributed by atoms with Crippen LogP contribution < -0.4 is 10.1 Å². The Kier molecular flexibility index (Phi) is 6.48. The van der Waals surface area contributed by atoms with Gasteiger partial charge in [-0.25, -0.2) is 0 Å². The molecule has 2 aromatic rings. The number of benzene rings is 2. The van der Waals surface area contributed by atoms with Gasteiger partial charge in [0.05, 0.1) is 6.04 Å². The number of piperazine rings is 1. The Balaban J connectivity index is 1.53. The molecule has 0 aliphatic carbocycles. The van der Waals surface area contributed by atoms with Crippen molar-refractivity contribution < 1.29 is 14.6 Å². The largest absolute Gasteiger partial charge is 0.491 e. The second kappa shape index (κ2) is 9.02. The number of hydrogen-bond acceptors (Lipinski definition) is 4. The SMILES string of the molecule is CC(C)C1C(=O)NCCN1CC(O)COc1ccc(-c2ccccc2)cc1. The molecule has 2 N–H and O–H groups in total. The minimum Gasteiger partial charge on any atom is -0.491 e. The molecule has 2 unspecified atom stereocenters. The van der Waals surface area contributed by atoms with Gasteiger partial charge in [0.25, 0.3) is 0 Å². The average molecular weight is 368 g/mol. The summed E-state index contributed by atoms with van der Waals surface area (Å²) < 4.78 is 5.75. The van der Waals surface area contributed by atoms with E-state index in [-0.39, 0.29) is 24.5 Å². The van der Waals surface area contributed by atoms with E-state index in [0.29, 0.717) is 13.1 Å². The molecule has 0 saturated carbocycles. The van der Waals surface area contributed by atoms with Crippen molar-refractivity contribution in [1.29, 1.82) is 0 Å². The summed E-state index contributed by atoms with van der Waals surface area (Å²) >= 11 is 0. The van der Waals surface area contributed by atoms with Gasteiger partial charge in [-0.1, -0.05) is 56.3 Å². The Bertz CT molecular complexity index is 731. The van der Waals surface area contributed by atoms with Crippen LogP contribution >= 0.6 is 0 Å². The van der Waals surface area contributed by atoms with Crippen molar-refractivity contribution >= 4 is 5.91 Å². The number of β-amino-alcohol motifs (C(OH)–C–C–N with tert-alkyl or cyclic N) is 1. The summed E-state index contributed by atoms with van der Waals surface area (Å²) in [5.74, 6) is 0.968. The predicted octanol–water partition coefficient (Wildman–Crippen LogP) is 2.55. The van der Waals surface area contributed by atoms with E-state index in [1.165, 1.54) is 0 Å². The number of hydrogen-bond donors (Lipinski definition) is 2. The number of carbonyl (C=O) groups is 1. The van der Waals surface area contributed by atoms with Crippen molar-refractivity contribution in [3.05, 3.63) is 54.6 Å². The van der Waals surface area contributed by atoms with Gasteiger partial charge in [-0.2, -0.15) is 0 Å². The van der Waals surface area contributed by atoms with Crippen molar-refractivity contribution in [2.24, 2.45) is 5.92 Å². The first-order chi connectivity index (χ1) is 13.0. The van der Waals surface area contributed by atoms with E-state index in [1.807, 2.05) is 56.3 Å². The maximum atomic E-state index is 12.1. The summed E-state index contributed by atoms with van der Waals surface area (Å²) in [5.41, 5.74) is 2.29. The van der Waals surface area contributed by atoms with Crippen molar-refractivity contribution in [3.63, 3.8) is 0 Å². The first-order valence-corrected chi connectivity index (χ1v) is 9.52. The van der Waals surface area contributed by atoms with Crippen molar-refractivity contribution in [2.75, 3.05) is 26.2 Å². The molecule has 1 heterocycles. The number of ether oxygens (including phenoxy) is 1. The minimum atomic E-state index is -0.647. The van der Waals surface area contributed by atoms with E-state index < -0.39 is 6.10 Å². The number of nitrogens with zero attached hydrogens (tertiary/aromatic N) is 1. The van der Waals surface area contributed by atoms with Crippen molar-refractivity contribution in [1.82, 2.24) is 10.2 Å². The van der Waals surface area contributed by atoms with Crippen LogP contribution in [0.4, 0.5) is 0 Å². The summed E-state index contributed by atoms with van der Waals surface area (Å²) in [5, 5.41) is 13.3. The van der Waals surface area contributed by atoms with Crippen LogP contribution in [0, 0.1) is 5.92 Å². The molecule has 5 nitrogen and oxygen atoms in total. The van der Waals surface area contributed by atoms with Crippen LogP contribution in [0.2, 0.25) is 0 Å². The topological polar surface area (TPSA) is 61.8 Å². The van der Waals surface area contributed by atoms with E-state index >= 15 is 0 Å². The number of aliphatic hydroxyl groups is 1. The molecule has 2 aromatic carbocycles. The molecule has 0 radical (unpaired) electrons. The minimum absolute atomic E-state index is 0.0425. The zero-order valence-electron chi connectivity index (χ0n) is 16.0. The highest BCUT2D eigenvalue weighted by molar-refractivity contribution is 5.82. The monoisotopic (exact) mass is 368 g/mol. The molecule has 3 rings (SSSR count). The van der Waals surface area contributed by atoms with Crippen LogP contribution in [-0.2, 0) is 4.79 Å². The van der Waals surface area contributed by atoms with Gasteiger partial charge in [0.1, 0.15) is 18.5 Å². The third-order valence-electron chi connectivity index (χ3n) is 4.84. The lowest BCUT2D eigenvalue weighted by Crippen LogP contribution is -2.59. The molecule has 1 fully saturated rings. The highest BCUT2D eigenvalue weighted by Crippen LogP contribution is 2.22. The van der Waals surface area contributed by atoms with E-state index in [0.717, 1.165) is 23.4 Å². The lowest BCUT2D eigenvalue weighted by molar-refractivity contribution is -0.131.